The van der Waals surface area contributed by atoms with E-state index in [9.17, 15) is 4.79 Å². The highest BCUT2D eigenvalue weighted by atomic mass is 32.1. The fourth-order valence-electron chi connectivity index (χ4n) is 2.78. The fourth-order valence-corrected chi connectivity index (χ4v) is 3.65. The van der Waals surface area contributed by atoms with Crippen LogP contribution < -0.4 is 14.8 Å². The van der Waals surface area contributed by atoms with Crippen LogP contribution in [0.4, 0.5) is 5.13 Å². The fraction of sp³-hybridized carbons (Fsp3) is 0.200. The first kappa shape index (κ1) is 16.6. The first-order valence-corrected chi connectivity index (χ1v) is 9.25. The first-order valence-electron chi connectivity index (χ1n) is 8.43. The van der Waals surface area contributed by atoms with Gasteiger partial charge in [-0.25, -0.2) is 4.98 Å². The molecular weight excluding hydrogens is 348 g/mol. The number of benzene rings is 2. The lowest BCUT2D eigenvalue weighted by molar-refractivity contribution is -0.116. The second-order valence-corrected chi connectivity index (χ2v) is 7.15. The van der Waals surface area contributed by atoms with Crippen LogP contribution in [0.5, 0.6) is 11.5 Å². The number of amides is 1. The number of hydrogen-bond acceptors (Lipinski definition) is 5. The van der Waals surface area contributed by atoms with Crippen LogP contribution in [0.2, 0.25) is 0 Å². The molecule has 3 aromatic rings. The van der Waals surface area contributed by atoms with E-state index in [4.69, 9.17) is 9.47 Å². The lowest BCUT2D eigenvalue weighted by atomic mass is 10.1. The molecule has 0 radical (unpaired) electrons. The summed E-state index contributed by atoms with van der Waals surface area (Å²) in [6, 6.07) is 15.9. The van der Waals surface area contributed by atoms with Crippen molar-refractivity contribution < 1.29 is 14.3 Å². The average molecular weight is 366 g/mol. The summed E-state index contributed by atoms with van der Waals surface area (Å²) in [5.74, 6) is 1.55. The number of anilines is 1. The molecule has 1 aromatic heterocycles. The summed E-state index contributed by atoms with van der Waals surface area (Å²) in [7, 11) is 0. The van der Waals surface area contributed by atoms with Gasteiger partial charge in [0.15, 0.2) is 16.6 Å². The maximum absolute atomic E-state index is 12.1. The van der Waals surface area contributed by atoms with E-state index in [0.29, 0.717) is 11.6 Å². The molecule has 132 valence electrons. The van der Waals surface area contributed by atoms with Crippen molar-refractivity contribution in [2.45, 2.75) is 19.3 Å². The highest BCUT2D eigenvalue weighted by Gasteiger charge is 2.14. The van der Waals surface area contributed by atoms with Crippen LogP contribution in [0.25, 0.3) is 0 Å². The average Bonchev–Trinajstić information content (AvgIpc) is 3.30. The molecule has 0 bridgehead atoms. The molecule has 26 heavy (non-hydrogen) atoms. The second-order valence-electron chi connectivity index (χ2n) is 6.03. The quantitative estimate of drug-likeness (QED) is 0.715. The molecule has 1 aliphatic rings. The third-order valence-electron chi connectivity index (χ3n) is 4.10. The summed E-state index contributed by atoms with van der Waals surface area (Å²) in [5, 5.41) is 3.52. The number of nitrogens with one attached hydrogen (secondary N) is 1. The topological polar surface area (TPSA) is 60.5 Å². The Morgan fingerprint density at radius 1 is 1.08 bits per heavy atom. The zero-order valence-corrected chi connectivity index (χ0v) is 14.9. The summed E-state index contributed by atoms with van der Waals surface area (Å²) in [6.07, 6.45) is 3.72. The van der Waals surface area contributed by atoms with Gasteiger partial charge < -0.3 is 14.8 Å². The van der Waals surface area contributed by atoms with Crippen LogP contribution in [0.3, 0.4) is 0 Å². The monoisotopic (exact) mass is 366 g/mol. The molecule has 4 rings (SSSR count). The van der Waals surface area contributed by atoms with Crippen molar-refractivity contribution in [3.63, 3.8) is 0 Å². The minimum absolute atomic E-state index is 0.0159. The maximum Gasteiger partial charge on any atom is 0.231 e. The van der Waals surface area contributed by atoms with E-state index in [0.717, 1.165) is 40.3 Å². The van der Waals surface area contributed by atoms with Gasteiger partial charge in [-0.2, -0.15) is 0 Å². The van der Waals surface area contributed by atoms with E-state index in [1.165, 1.54) is 11.3 Å². The Kier molecular flexibility index (Phi) is 4.84. The van der Waals surface area contributed by atoms with Crippen LogP contribution >= 0.6 is 11.3 Å². The van der Waals surface area contributed by atoms with E-state index < -0.39 is 0 Å². The summed E-state index contributed by atoms with van der Waals surface area (Å²) in [4.78, 5) is 17.5. The van der Waals surface area contributed by atoms with Crippen LogP contribution in [0, 0.1) is 0 Å². The molecule has 6 heteroatoms. The van der Waals surface area contributed by atoms with Crippen LogP contribution in [-0.4, -0.2) is 17.7 Å². The first-order chi connectivity index (χ1) is 12.8. The van der Waals surface area contributed by atoms with Crippen molar-refractivity contribution in [1.29, 1.82) is 0 Å². The zero-order chi connectivity index (χ0) is 17.8. The molecule has 1 N–H and O–H groups in total. The highest BCUT2D eigenvalue weighted by Crippen LogP contribution is 2.33. The molecule has 0 spiro atoms. The number of thiazole rings is 1. The maximum atomic E-state index is 12.1. The van der Waals surface area contributed by atoms with Crippen molar-refractivity contribution in [3.8, 4) is 11.5 Å². The predicted octanol–water partition coefficient (Wildman–Crippen LogP) is 4.03. The number of hydrogen-bond donors (Lipinski definition) is 1. The van der Waals surface area contributed by atoms with E-state index in [-0.39, 0.29) is 12.7 Å². The minimum Gasteiger partial charge on any atom is -0.454 e. The standard InChI is InChI=1S/C20H18N2O3S/c23-19(9-7-14-4-2-1-3-5-14)22-20-21-12-16(26-20)10-15-6-8-17-18(11-15)25-13-24-17/h1-6,8,11-12H,7,9-10,13H2,(H,21,22,23). The van der Waals surface area contributed by atoms with Gasteiger partial charge in [-0.1, -0.05) is 36.4 Å². The number of aromatic nitrogens is 1. The zero-order valence-electron chi connectivity index (χ0n) is 14.1. The normalized spacial score (nSPS) is 12.2. The SMILES string of the molecule is O=C(CCc1ccccc1)Nc1ncc(Cc2ccc3c(c2)OCO3)s1. The number of ether oxygens (including phenoxy) is 2. The van der Waals surface area contributed by atoms with Gasteiger partial charge in [0.25, 0.3) is 0 Å². The van der Waals surface area contributed by atoms with Crippen molar-refractivity contribution in [3.05, 3.63) is 70.7 Å². The smallest absolute Gasteiger partial charge is 0.231 e. The van der Waals surface area contributed by atoms with Gasteiger partial charge in [-0.15, -0.1) is 11.3 Å². The lowest BCUT2D eigenvalue weighted by Gasteiger charge is -2.02. The Balaban J connectivity index is 1.32. The van der Waals surface area contributed by atoms with E-state index >= 15 is 0 Å². The number of carbonyl (C=O) groups excluding carboxylic acids is 1. The molecule has 0 aliphatic carbocycles. The molecular formula is C20H18N2O3S. The number of nitrogens with zero attached hydrogens (tertiary/aromatic N) is 1. The number of fused-ring (bicyclic) bond motifs is 1. The third kappa shape index (κ3) is 4.03. The highest BCUT2D eigenvalue weighted by molar-refractivity contribution is 7.15. The number of carbonyl (C=O) groups is 1. The Labute approximate surface area is 155 Å². The van der Waals surface area contributed by atoms with E-state index in [1.807, 2.05) is 54.7 Å². The molecule has 0 fully saturated rings. The largest absolute Gasteiger partial charge is 0.454 e. The van der Waals surface area contributed by atoms with E-state index in [2.05, 4.69) is 10.3 Å². The summed E-state index contributed by atoms with van der Waals surface area (Å²) >= 11 is 1.50. The van der Waals surface area contributed by atoms with Crippen LogP contribution in [-0.2, 0) is 17.6 Å². The summed E-state index contributed by atoms with van der Waals surface area (Å²) < 4.78 is 10.7. The number of aryl methyl sites for hydroxylation is 1. The predicted molar refractivity (Wildman–Crippen MR) is 101 cm³/mol. The molecule has 0 saturated carbocycles. The number of rotatable bonds is 6. The summed E-state index contributed by atoms with van der Waals surface area (Å²) in [5.41, 5.74) is 2.28. The molecule has 0 atom stereocenters. The van der Waals surface area contributed by atoms with Gasteiger partial charge in [0.2, 0.25) is 12.7 Å². The van der Waals surface area contributed by atoms with Crippen molar-refractivity contribution in [1.82, 2.24) is 4.98 Å². The molecule has 2 heterocycles. The Morgan fingerprint density at radius 3 is 2.81 bits per heavy atom. The van der Waals surface area contributed by atoms with Gasteiger partial charge in [-0.05, 0) is 29.7 Å². The van der Waals surface area contributed by atoms with Crippen molar-refractivity contribution in [2.75, 3.05) is 12.1 Å². The molecule has 2 aromatic carbocycles. The van der Waals surface area contributed by atoms with Crippen LogP contribution in [0.1, 0.15) is 22.4 Å². The van der Waals surface area contributed by atoms with Gasteiger partial charge >= 0.3 is 0 Å². The molecule has 0 saturated heterocycles. The molecule has 5 nitrogen and oxygen atoms in total. The molecule has 1 aliphatic heterocycles. The van der Waals surface area contributed by atoms with Gasteiger partial charge in [0.1, 0.15) is 0 Å². The van der Waals surface area contributed by atoms with Gasteiger partial charge in [-0.3, -0.25) is 4.79 Å². The van der Waals surface area contributed by atoms with Crippen molar-refractivity contribution >= 4 is 22.4 Å². The summed E-state index contributed by atoms with van der Waals surface area (Å²) in [6.45, 7) is 0.276. The van der Waals surface area contributed by atoms with Gasteiger partial charge in [0, 0.05) is 23.9 Å². The molecule has 1 amide bonds. The third-order valence-corrected chi connectivity index (χ3v) is 5.01. The van der Waals surface area contributed by atoms with Crippen molar-refractivity contribution in [2.24, 2.45) is 0 Å². The second kappa shape index (κ2) is 7.58. The molecule has 0 unspecified atom stereocenters. The van der Waals surface area contributed by atoms with Crippen LogP contribution in [0.15, 0.2) is 54.7 Å². The Hall–Kier alpha value is -2.86. The Bertz CT molecular complexity index is 908. The van der Waals surface area contributed by atoms with Gasteiger partial charge in [0.05, 0.1) is 0 Å². The Morgan fingerprint density at radius 2 is 1.92 bits per heavy atom. The lowest BCUT2D eigenvalue weighted by Crippen LogP contribution is -2.11. The minimum atomic E-state index is -0.0159. The van der Waals surface area contributed by atoms with E-state index in [1.54, 1.807) is 0 Å².